The number of hydrogen-bond donors (Lipinski definition) is 5. The van der Waals surface area contributed by atoms with Crippen molar-refractivity contribution in [1.29, 1.82) is 0 Å². The topological polar surface area (TPSA) is 120 Å². The Bertz CT molecular complexity index is 211. The Morgan fingerprint density at radius 1 is 0.941 bits per heavy atom. The van der Waals surface area contributed by atoms with Gasteiger partial charge in [-0.1, -0.05) is 0 Å². The van der Waals surface area contributed by atoms with Gasteiger partial charge in [-0.05, 0) is 12.8 Å². The second-order valence-electron chi connectivity index (χ2n) is 4.00. The van der Waals surface area contributed by atoms with Gasteiger partial charge >= 0.3 is 0 Å². The van der Waals surface area contributed by atoms with E-state index in [0.29, 0.717) is 12.8 Å². The lowest BCUT2D eigenvalue weighted by Crippen LogP contribution is -2.59. The van der Waals surface area contributed by atoms with Crippen LogP contribution in [0.2, 0.25) is 0 Å². The zero-order chi connectivity index (χ0) is 12.8. The monoisotopic (exact) mass is 252 g/mol. The Kier molecular flexibility index (Phi) is 6.28. The lowest BCUT2D eigenvalue weighted by Gasteiger charge is -2.39. The van der Waals surface area contributed by atoms with Crippen LogP contribution in [0.3, 0.4) is 0 Å². The third-order valence-electron chi connectivity index (χ3n) is 2.68. The minimum atomic E-state index is -1.41. The average Bonchev–Trinajstić information content (AvgIpc) is 2.34. The van der Waals surface area contributed by atoms with Gasteiger partial charge in [0, 0.05) is 13.2 Å². The van der Waals surface area contributed by atoms with E-state index in [2.05, 4.69) is 0 Å². The first-order chi connectivity index (χ1) is 8.11. The van der Waals surface area contributed by atoms with E-state index >= 15 is 0 Å². The van der Waals surface area contributed by atoms with Crippen molar-refractivity contribution in [1.82, 2.24) is 0 Å². The fraction of sp³-hybridized carbons (Fsp3) is 1.00. The van der Waals surface area contributed by atoms with Crippen LogP contribution in [0.1, 0.15) is 12.8 Å². The smallest absolute Gasteiger partial charge is 0.186 e. The molecule has 0 saturated carbocycles. The molecule has 1 aliphatic rings. The van der Waals surface area contributed by atoms with Crippen LogP contribution in [0.5, 0.6) is 0 Å². The molecule has 0 aromatic rings. The zero-order valence-corrected chi connectivity index (χ0v) is 9.47. The Labute approximate surface area is 99.2 Å². The summed E-state index contributed by atoms with van der Waals surface area (Å²) in [6.45, 7) is -0.164. The molecule has 0 unspecified atom stereocenters. The van der Waals surface area contributed by atoms with Crippen LogP contribution in [0.15, 0.2) is 0 Å². The fourth-order valence-corrected chi connectivity index (χ4v) is 1.62. The first kappa shape index (κ1) is 14.8. The van der Waals surface area contributed by atoms with Gasteiger partial charge in [0.25, 0.3) is 0 Å². The minimum Gasteiger partial charge on any atom is -0.396 e. The molecule has 0 spiro atoms. The van der Waals surface area contributed by atoms with E-state index in [1.165, 1.54) is 0 Å². The van der Waals surface area contributed by atoms with E-state index in [1.807, 2.05) is 0 Å². The number of aliphatic hydroxyl groups excluding tert-OH is 5. The summed E-state index contributed by atoms with van der Waals surface area (Å²) >= 11 is 0. The maximum Gasteiger partial charge on any atom is 0.186 e. The molecule has 1 rings (SSSR count). The highest BCUT2D eigenvalue weighted by atomic mass is 16.7. The molecule has 1 fully saturated rings. The second kappa shape index (κ2) is 7.22. The van der Waals surface area contributed by atoms with E-state index in [1.54, 1.807) is 0 Å². The molecule has 102 valence electrons. The van der Waals surface area contributed by atoms with Gasteiger partial charge in [0.2, 0.25) is 0 Å². The molecule has 5 N–H and O–H groups in total. The molecule has 0 radical (unpaired) electrons. The van der Waals surface area contributed by atoms with Crippen molar-refractivity contribution < 1.29 is 35.0 Å². The number of ether oxygens (including phenoxy) is 2. The quantitative estimate of drug-likeness (QED) is 0.333. The van der Waals surface area contributed by atoms with Crippen LogP contribution in [0.25, 0.3) is 0 Å². The maximum absolute atomic E-state index is 9.59. The molecule has 1 heterocycles. The Morgan fingerprint density at radius 2 is 1.65 bits per heavy atom. The van der Waals surface area contributed by atoms with Gasteiger partial charge in [0.1, 0.15) is 24.4 Å². The number of aliphatic hydroxyl groups is 5. The number of rotatable bonds is 6. The minimum absolute atomic E-state index is 0.0536. The van der Waals surface area contributed by atoms with Crippen molar-refractivity contribution >= 4 is 0 Å². The summed E-state index contributed by atoms with van der Waals surface area (Å²) in [6, 6.07) is 0. The van der Waals surface area contributed by atoms with Gasteiger partial charge in [-0.25, -0.2) is 0 Å². The summed E-state index contributed by atoms with van der Waals surface area (Å²) in [5, 5.41) is 46.0. The third kappa shape index (κ3) is 3.85. The lowest BCUT2D eigenvalue weighted by molar-refractivity contribution is -0.301. The van der Waals surface area contributed by atoms with E-state index in [0.717, 1.165) is 0 Å². The summed E-state index contributed by atoms with van der Waals surface area (Å²) < 4.78 is 10.3. The van der Waals surface area contributed by atoms with Crippen LogP contribution in [0.4, 0.5) is 0 Å². The highest BCUT2D eigenvalue weighted by Crippen LogP contribution is 2.21. The van der Waals surface area contributed by atoms with Crippen LogP contribution >= 0.6 is 0 Å². The molecule has 7 nitrogen and oxygen atoms in total. The summed E-state index contributed by atoms with van der Waals surface area (Å²) in [5.41, 5.74) is 0. The van der Waals surface area contributed by atoms with Crippen LogP contribution < -0.4 is 0 Å². The Morgan fingerprint density at radius 3 is 2.24 bits per heavy atom. The summed E-state index contributed by atoms with van der Waals surface area (Å²) in [7, 11) is 0. The number of hydrogen-bond acceptors (Lipinski definition) is 7. The van der Waals surface area contributed by atoms with Crippen LogP contribution in [-0.2, 0) is 9.47 Å². The van der Waals surface area contributed by atoms with Crippen molar-refractivity contribution in [2.24, 2.45) is 0 Å². The SMILES string of the molecule is OCCCCO[C@H]1O[C@H](CO)[C@@H](O)[C@H](O)[C@H]1O. The number of unbranched alkanes of at least 4 members (excludes halogenated alkanes) is 1. The van der Waals surface area contributed by atoms with Gasteiger partial charge < -0.3 is 35.0 Å². The van der Waals surface area contributed by atoms with Gasteiger partial charge in [-0.2, -0.15) is 0 Å². The van der Waals surface area contributed by atoms with Gasteiger partial charge in [0.15, 0.2) is 6.29 Å². The van der Waals surface area contributed by atoms with E-state index in [4.69, 9.17) is 19.7 Å². The largest absolute Gasteiger partial charge is 0.396 e. The van der Waals surface area contributed by atoms with Gasteiger partial charge in [-0.3, -0.25) is 0 Å². The van der Waals surface area contributed by atoms with Crippen molar-refractivity contribution in [3.63, 3.8) is 0 Å². The molecule has 1 aliphatic heterocycles. The first-order valence-electron chi connectivity index (χ1n) is 5.64. The summed E-state index contributed by atoms with van der Waals surface area (Å²) in [6.07, 6.45) is -5.01. The molecular weight excluding hydrogens is 232 g/mol. The average molecular weight is 252 g/mol. The van der Waals surface area contributed by atoms with Crippen molar-refractivity contribution in [3.8, 4) is 0 Å². The summed E-state index contributed by atoms with van der Waals surface area (Å²) in [4.78, 5) is 0. The molecule has 7 heteroatoms. The van der Waals surface area contributed by atoms with Gasteiger partial charge in [-0.15, -0.1) is 0 Å². The Balaban J connectivity index is 2.42. The molecule has 0 aromatic heterocycles. The van der Waals surface area contributed by atoms with Crippen molar-refractivity contribution in [2.45, 2.75) is 43.5 Å². The molecule has 0 amide bonds. The predicted molar refractivity (Wildman–Crippen MR) is 56.0 cm³/mol. The molecule has 0 aliphatic carbocycles. The molecule has 17 heavy (non-hydrogen) atoms. The maximum atomic E-state index is 9.59. The van der Waals surface area contributed by atoms with Crippen LogP contribution in [0, 0.1) is 0 Å². The van der Waals surface area contributed by atoms with Gasteiger partial charge in [0.05, 0.1) is 6.61 Å². The fourth-order valence-electron chi connectivity index (χ4n) is 1.62. The van der Waals surface area contributed by atoms with Crippen molar-refractivity contribution in [2.75, 3.05) is 19.8 Å². The third-order valence-corrected chi connectivity index (χ3v) is 2.68. The summed E-state index contributed by atoms with van der Waals surface area (Å²) in [5.74, 6) is 0. The standard InChI is InChI=1S/C10H20O7/c11-3-1-2-4-16-10-9(15)8(14)7(13)6(5-12)17-10/h6-15H,1-5H2/t6-,7-,8+,9-,10+/m1/s1. The molecule has 1 saturated heterocycles. The zero-order valence-electron chi connectivity index (χ0n) is 9.47. The second-order valence-corrected chi connectivity index (χ2v) is 4.00. The lowest BCUT2D eigenvalue weighted by atomic mass is 9.99. The highest BCUT2D eigenvalue weighted by Gasteiger charge is 2.43. The predicted octanol–water partition coefficient (Wildman–Crippen LogP) is -2.42. The van der Waals surface area contributed by atoms with Crippen molar-refractivity contribution in [3.05, 3.63) is 0 Å². The van der Waals surface area contributed by atoms with E-state index in [-0.39, 0.29) is 13.2 Å². The molecular formula is C10H20O7. The van der Waals surface area contributed by atoms with E-state index < -0.39 is 37.3 Å². The first-order valence-corrected chi connectivity index (χ1v) is 5.64. The van der Waals surface area contributed by atoms with Crippen LogP contribution in [-0.4, -0.2) is 76.1 Å². The molecule has 5 atom stereocenters. The highest BCUT2D eigenvalue weighted by molar-refractivity contribution is 4.88. The molecule has 0 aromatic carbocycles. The normalized spacial score (nSPS) is 38.3. The van der Waals surface area contributed by atoms with E-state index in [9.17, 15) is 15.3 Å². The molecule has 0 bridgehead atoms. The Hall–Kier alpha value is -0.280.